The van der Waals surface area contributed by atoms with Gasteiger partial charge in [-0.05, 0) is 17.9 Å². The summed E-state index contributed by atoms with van der Waals surface area (Å²) >= 11 is 1.55. The molecular weight excluding hydrogens is 316 g/mol. The largest absolute Gasteiger partial charge is 0.353 e. The van der Waals surface area contributed by atoms with Gasteiger partial charge in [0, 0.05) is 19.0 Å². The summed E-state index contributed by atoms with van der Waals surface area (Å²) in [5, 5.41) is 19.4. The Morgan fingerprint density at radius 3 is 3.26 bits per heavy atom. The van der Waals surface area contributed by atoms with Crippen molar-refractivity contribution in [2.45, 2.75) is 25.9 Å². The summed E-state index contributed by atoms with van der Waals surface area (Å²) in [4.78, 5) is 12.9. The average molecular weight is 330 g/mol. The molecule has 0 aromatic carbocycles. The van der Waals surface area contributed by atoms with Gasteiger partial charge in [0.1, 0.15) is 5.82 Å². The summed E-state index contributed by atoms with van der Waals surface area (Å²) in [6.07, 6.45) is 2.03. The van der Waals surface area contributed by atoms with E-state index in [0.717, 1.165) is 35.9 Å². The third-order valence-electron chi connectivity index (χ3n) is 3.61. The maximum atomic E-state index is 11.9. The van der Waals surface area contributed by atoms with Crippen LogP contribution in [-0.2, 0) is 19.5 Å². The van der Waals surface area contributed by atoms with Crippen molar-refractivity contribution in [2.75, 3.05) is 5.32 Å². The molecular formula is C14H14N6O2S. The van der Waals surface area contributed by atoms with E-state index < -0.39 is 0 Å². The fourth-order valence-corrected chi connectivity index (χ4v) is 3.20. The van der Waals surface area contributed by atoms with Crippen molar-refractivity contribution in [2.24, 2.45) is 0 Å². The van der Waals surface area contributed by atoms with Crippen LogP contribution in [-0.4, -0.2) is 26.0 Å². The third kappa shape index (κ3) is 2.82. The number of aryl methyl sites for hydroxylation is 1. The number of urea groups is 1. The number of hydrogen-bond acceptors (Lipinski definition) is 6. The molecule has 2 N–H and O–H groups in total. The smallest absolute Gasteiger partial charge is 0.320 e. The number of carbonyl (C=O) groups is 1. The molecule has 0 saturated carbocycles. The number of rotatable bonds is 4. The maximum absolute atomic E-state index is 11.9. The van der Waals surface area contributed by atoms with Crippen molar-refractivity contribution < 1.29 is 9.32 Å². The second-order valence-electron chi connectivity index (χ2n) is 5.15. The lowest BCUT2D eigenvalue weighted by molar-refractivity contribution is 0.251. The summed E-state index contributed by atoms with van der Waals surface area (Å²) in [6.45, 7) is 1.24. The number of fused-ring (bicyclic) bond motifs is 1. The molecule has 0 aliphatic carbocycles. The first kappa shape index (κ1) is 13.9. The topological polar surface area (TPSA) is 97.9 Å². The maximum Gasteiger partial charge on any atom is 0.320 e. The lowest BCUT2D eigenvalue weighted by atomic mass is 10.3. The predicted molar refractivity (Wildman–Crippen MR) is 84.0 cm³/mol. The molecule has 1 aliphatic heterocycles. The van der Waals surface area contributed by atoms with E-state index in [1.807, 2.05) is 22.1 Å². The first-order chi connectivity index (χ1) is 11.3. The molecule has 0 radical (unpaired) electrons. The number of thiophene rings is 1. The molecule has 3 aromatic rings. The second kappa shape index (κ2) is 5.84. The summed E-state index contributed by atoms with van der Waals surface area (Å²) < 4.78 is 7.26. The monoisotopic (exact) mass is 330 g/mol. The fourth-order valence-electron chi connectivity index (χ4n) is 2.53. The van der Waals surface area contributed by atoms with Crippen molar-refractivity contribution >= 4 is 23.2 Å². The van der Waals surface area contributed by atoms with Crippen LogP contribution in [0.5, 0.6) is 0 Å². The molecule has 4 heterocycles. The number of aromatic nitrogens is 4. The SMILES string of the molecule is O=C(NCc1nnc2n1CCC2)Nc1cc(-c2cccs2)on1. The Kier molecular flexibility index (Phi) is 3.54. The van der Waals surface area contributed by atoms with Gasteiger partial charge in [0.25, 0.3) is 0 Å². The number of nitrogens with zero attached hydrogens (tertiary/aromatic N) is 4. The van der Waals surface area contributed by atoms with E-state index >= 15 is 0 Å². The highest BCUT2D eigenvalue weighted by Crippen LogP contribution is 2.26. The molecule has 9 heteroatoms. The van der Waals surface area contributed by atoms with E-state index in [9.17, 15) is 4.79 Å². The first-order valence-electron chi connectivity index (χ1n) is 7.26. The van der Waals surface area contributed by atoms with Gasteiger partial charge in [0.2, 0.25) is 0 Å². The minimum absolute atomic E-state index is 0.328. The fraction of sp³-hybridized carbons (Fsp3) is 0.286. The Labute approximate surface area is 135 Å². The first-order valence-corrected chi connectivity index (χ1v) is 8.14. The van der Waals surface area contributed by atoms with E-state index in [1.54, 1.807) is 17.4 Å². The highest BCUT2D eigenvalue weighted by Gasteiger charge is 2.17. The van der Waals surface area contributed by atoms with Crippen molar-refractivity contribution in [3.05, 3.63) is 35.2 Å². The standard InChI is InChI=1S/C14H14N6O2S/c21-14(15-8-13-18-17-12-4-1-5-20(12)13)16-11-7-9(22-19-11)10-3-2-6-23-10/h2-3,6-7H,1,4-5,8H2,(H2,15,16,19,21). The van der Waals surface area contributed by atoms with Gasteiger partial charge in [-0.25, -0.2) is 4.79 Å². The summed E-state index contributed by atoms with van der Waals surface area (Å²) in [5.41, 5.74) is 0. The molecule has 3 aromatic heterocycles. The lowest BCUT2D eigenvalue weighted by Crippen LogP contribution is -2.29. The number of anilines is 1. The summed E-state index contributed by atoms with van der Waals surface area (Å²) in [6, 6.07) is 5.20. The van der Waals surface area contributed by atoms with Crippen LogP contribution in [0.2, 0.25) is 0 Å². The van der Waals surface area contributed by atoms with Crippen LogP contribution in [0.1, 0.15) is 18.1 Å². The quantitative estimate of drug-likeness (QED) is 0.764. The minimum atomic E-state index is -0.355. The Morgan fingerprint density at radius 1 is 1.43 bits per heavy atom. The highest BCUT2D eigenvalue weighted by atomic mass is 32.1. The molecule has 1 aliphatic rings. The van der Waals surface area contributed by atoms with Crippen LogP contribution in [0.15, 0.2) is 28.1 Å². The van der Waals surface area contributed by atoms with Crippen LogP contribution >= 0.6 is 11.3 Å². The van der Waals surface area contributed by atoms with Crippen LogP contribution in [0.3, 0.4) is 0 Å². The molecule has 2 amide bonds. The molecule has 0 saturated heterocycles. The van der Waals surface area contributed by atoms with Gasteiger partial charge in [0.05, 0.1) is 11.4 Å². The zero-order chi connectivity index (χ0) is 15.6. The van der Waals surface area contributed by atoms with E-state index in [1.165, 1.54) is 0 Å². The molecule has 0 spiro atoms. The number of nitrogens with one attached hydrogen (secondary N) is 2. The molecule has 0 atom stereocenters. The Bertz CT molecular complexity index is 822. The van der Waals surface area contributed by atoms with Crippen LogP contribution < -0.4 is 10.6 Å². The van der Waals surface area contributed by atoms with Crippen LogP contribution in [0.4, 0.5) is 10.6 Å². The van der Waals surface area contributed by atoms with Crippen LogP contribution in [0.25, 0.3) is 10.6 Å². The van der Waals surface area contributed by atoms with Crippen molar-refractivity contribution in [3.8, 4) is 10.6 Å². The molecule has 0 unspecified atom stereocenters. The Morgan fingerprint density at radius 2 is 2.39 bits per heavy atom. The minimum Gasteiger partial charge on any atom is -0.353 e. The Balaban J connectivity index is 1.35. The van der Waals surface area contributed by atoms with Gasteiger partial charge >= 0.3 is 6.03 Å². The van der Waals surface area contributed by atoms with Gasteiger partial charge in [-0.1, -0.05) is 11.2 Å². The third-order valence-corrected chi connectivity index (χ3v) is 4.49. The van der Waals surface area contributed by atoms with Gasteiger partial charge < -0.3 is 14.4 Å². The zero-order valence-corrected chi connectivity index (χ0v) is 13.0. The van der Waals surface area contributed by atoms with Gasteiger partial charge in [-0.15, -0.1) is 21.5 Å². The zero-order valence-electron chi connectivity index (χ0n) is 12.2. The van der Waals surface area contributed by atoms with Crippen molar-refractivity contribution in [1.29, 1.82) is 0 Å². The van der Waals surface area contributed by atoms with Gasteiger partial charge in [-0.3, -0.25) is 5.32 Å². The molecule has 23 heavy (non-hydrogen) atoms. The second-order valence-corrected chi connectivity index (χ2v) is 6.10. The number of amides is 2. The van der Waals surface area contributed by atoms with Crippen molar-refractivity contribution in [3.63, 3.8) is 0 Å². The molecule has 0 fully saturated rings. The number of carbonyl (C=O) groups excluding carboxylic acids is 1. The van der Waals surface area contributed by atoms with Gasteiger partial charge in [0.15, 0.2) is 17.4 Å². The van der Waals surface area contributed by atoms with E-state index in [4.69, 9.17) is 4.52 Å². The number of hydrogen-bond donors (Lipinski definition) is 2. The normalized spacial score (nSPS) is 13.0. The molecule has 118 valence electrons. The molecule has 4 rings (SSSR count). The highest BCUT2D eigenvalue weighted by molar-refractivity contribution is 7.13. The average Bonchev–Trinajstić information content (AvgIpc) is 3.29. The van der Waals surface area contributed by atoms with E-state index in [2.05, 4.69) is 26.0 Å². The van der Waals surface area contributed by atoms with Crippen molar-refractivity contribution in [1.82, 2.24) is 25.2 Å². The predicted octanol–water partition coefficient (Wildman–Crippen LogP) is 2.26. The van der Waals surface area contributed by atoms with Crippen LogP contribution in [0, 0.1) is 0 Å². The molecule has 0 bridgehead atoms. The summed E-state index contributed by atoms with van der Waals surface area (Å²) in [7, 11) is 0. The van der Waals surface area contributed by atoms with E-state index in [0.29, 0.717) is 18.1 Å². The summed E-state index contributed by atoms with van der Waals surface area (Å²) in [5.74, 6) is 2.76. The Hall–Kier alpha value is -2.68. The van der Waals surface area contributed by atoms with E-state index in [-0.39, 0.29) is 6.03 Å². The molecule has 8 nitrogen and oxygen atoms in total. The van der Waals surface area contributed by atoms with Gasteiger partial charge in [-0.2, -0.15) is 0 Å². The lowest BCUT2D eigenvalue weighted by Gasteiger charge is -2.05.